The van der Waals surface area contributed by atoms with Crippen LogP contribution in [0.25, 0.3) is 6.08 Å². The Morgan fingerprint density at radius 3 is 2.86 bits per heavy atom. The Balaban J connectivity index is 1.66. The molecule has 0 radical (unpaired) electrons. The summed E-state index contributed by atoms with van der Waals surface area (Å²) in [6.07, 6.45) is 4.18. The number of carbonyl (C=O) groups excluding carboxylic acids is 2. The molecule has 0 fully saturated rings. The lowest BCUT2D eigenvalue weighted by Gasteiger charge is -2.23. The first-order valence-electron chi connectivity index (χ1n) is 9.02. The molecule has 2 N–H and O–H groups in total. The van der Waals surface area contributed by atoms with E-state index in [2.05, 4.69) is 17.2 Å². The summed E-state index contributed by atoms with van der Waals surface area (Å²) in [6, 6.07) is 10.4. The lowest BCUT2D eigenvalue weighted by Crippen LogP contribution is -2.34. The molecule has 2 aromatic rings. The predicted octanol–water partition coefficient (Wildman–Crippen LogP) is 3.63. The van der Waals surface area contributed by atoms with Crippen LogP contribution in [-0.2, 0) is 9.59 Å². The van der Waals surface area contributed by atoms with Gasteiger partial charge in [0.05, 0.1) is 12.8 Å². The van der Waals surface area contributed by atoms with Crippen molar-refractivity contribution < 1.29 is 23.8 Å². The summed E-state index contributed by atoms with van der Waals surface area (Å²) in [4.78, 5) is 24.0. The van der Waals surface area contributed by atoms with Crippen LogP contribution in [0.4, 0.5) is 11.4 Å². The highest BCUT2D eigenvalue weighted by atomic mass is 16.5. The Hall–Kier alpha value is -3.74. The van der Waals surface area contributed by atoms with Gasteiger partial charge in [-0.2, -0.15) is 0 Å². The lowest BCUT2D eigenvalue weighted by atomic mass is 10.2. The smallest absolute Gasteiger partial charge is 0.265 e. The van der Waals surface area contributed by atoms with Crippen molar-refractivity contribution in [3.63, 3.8) is 0 Å². The number of amides is 2. The average molecular weight is 394 g/mol. The molecule has 0 bridgehead atoms. The fourth-order valence-corrected chi connectivity index (χ4v) is 2.70. The summed E-state index contributed by atoms with van der Waals surface area (Å²) in [7, 11) is 1.55. The minimum Gasteiger partial charge on any atom is -0.493 e. The molecule has 3 rings (SSSR count). The van der Waals surface area contributed by atoms with Gasteiger partial charge in [-0.15, -0.1) is 0 Å². The first-order valence-corrected chi connectivity index (χ1v) is 9.02. The van der Waals surface area contributed by atoms with E-state index in [0.717, 1.165) is 5.56 Å². The quantitative estimate of drug-likeness (QED) is 0.553. The van der Waals surface area contributed by atoms with Crippen molar-refractivity contribution in [2.45, 2.75) is 13.0 Å². The number of methoxy groups -OCH3 is 1. The summed E-state index contributed by atoms with van der Waals surface area (Å²) in [5.41, 5.74) is 1.85. The van der Waals surface area contributed by atoms with Crippen molar-refractivity contribution in [1.82, 2.24) is 0 Å². The summed E-state index contributed by atoms with van der Waals surface area (Å²) in [5.74, 6) is 1.19. The van der Waals surface area contributed by atoms with Gasteiger partial charge < -0.3 is 24.8 Å². The standard InChI is InChI=1S/C22H22N2O5/c1-4-11-28-19-8-5-15(12-20(19)27-3)6-10-21(25)23-16-7-9-18-17(13-16)24-22(26)14(2)29-18/h4-10,12-14H,1,11H2,2-3H3,(H,23,25)(H,24,26)/b10-6+/t14-/m1/s1. The van der Waals surface area contributed by atoms with Gasteiger partial charge in [0.2, 0.25) is 5.91 Å². The third-order valence-electron chi connectivity index (χ3n) is 4.15. The molecule has 7 heteroatoms. The van der Waals surface area contributed by atoms with Crippen LogP contribution in [-0.4, -0.2) is 31.6 Å². The normalized spacial score (nSPS) is 15.1. The first-order chi connectivity index (χ1) is 14.0. The third kappa shape index (κ3) is 4.95. The summed E-state index contributed by atoms with van der Waals surface area (Å²) in [6.45, 7) is 5.66. The highest BCUT2D eigenvalue weighted by molar-refractivity contribution is 6.03. The zero-order valence-electron chi connectivity index (χ0n) is 16.2. The Morgan fingerprint density at radius 2 is 2.10 bits per heavy atom. The molecule has 1 atom stereocenters. The van der Waals surface area contributed by atoms with Crippen LogP contribution in [0.5, 0.6) is 17.2 Å². The molecule has 7 nitrogen and oxygen atoms in total. The molecule has 0 aromatic heterocycles. The van der Waals surface area contributed by atoms with Crippen LogP contribution in [0.2, 0.25) is 0 Å². The van der Waals surface area contributed by atoms with E-state index in [1.54, 1.807) is 56.5 Å². The van der Waals surface area contributed by atoms with Gasteiger partial charge in [0.25, 0.3) is 5.91 Å². The second-order valence-corrected chi connectivity index (χ2v) is 6.29. The van der Waals surface area contributed by atoms with Crippen LogP contribution in [0.15, 0.2) is 55.1 Å². The molecule has 2 aromatic carbocycles. The van der Waals surface area contributed by atoms with Crippen molar-refractivity contribution in [3.8, 4) is 17.2 Å². The maximum atomic E-state index is 12.2. The molecule has 0 saturated heterocycles. The van der Waals surface area contributed by atoms with Crippen LogP contribution >= 0.6 is 0 Å². The van der Waals surface area contributed by atoms with Gasteiger partial charge in [0.15, 0.2) is 17.6 Å². The van der Waals surface area contributed by atoms with Crippen LogP contribution < -0.4 is 24.8 Å². The van der Waals surface area contributed by atoms with Crippen LogP contribution in [0.1, 0.15) is 12.5 Å². The number of fused-ring (bicyclic) bond motifs is 1. The van der Waals surface area contributed by atoms with Crippen molar-refractivity contribution in [3.05, 3.63) is 60.7 Å². The zero-order valence-corrected chi connectivity index (χ0v) is 16.2. The van der Waals surface area contributed by atoms with E-state index in [-0.39, 0.29) is 11.8 Å². The summed E-state index contributed by atoms with van der Waals surface area (Å²) in [5, 5.41) is 5.51. The molecule has 0 spiro atoms. The van der Waals surface area contributed by atoms with Gasteiger partial charge in [-0.25, -0.2) is 0 Å². The van der Waals surface area contributed by atoms with Gasteiger partial charge in [0, 0.05) is 11.8 Å². The topological polar surface area (TPSA) is 85.9 Å². The van der Waals surface area contributed by atoms with E-state index < -0.39 is 6.10 Å². The van der Waals surface area contributed by atoms with Gasteiger partial charge in [-0.1, -0.05) is 18.7 Å². The molecule has 150 valence electrons. The minimum atomic E-state index is -0.545. The monoisotopic (exact) mass is 394 g/mol. The van der Waals surface area contributed by atoms with E-state index in [9.17, 15) is 9.59 Å². The maximum Gasteiger partial charge on any atom is 0.265 e. The average Bonchev–Trinajstić information content (AvgIpc) is 2.72. The highest BCUT2D eigenvalue weighted by Crippen LogP contribution is 2.32. The van der Waals surface area contributed by atoms with E-state index in [1.807, 2.05) is 6.07 Å². The summed E-state index contributed by atoms with van der Waals surface area (Å²) >= 11 is 0. The number of rotatable bonds is 7. The summed E-state index contributed by atoms with van der Waals surface area (Å²) < 4.78 is 16.3. The van der Waals surface area contributed by atoms with Crippen LogP contribution in [0, 0.1) is 0 Å². The lowest BCUT2D eigenvalue weighted by molar-refractivity contribution is -0.122. The Kier molecular flexibility index (Phi) is 6.19. The van der Waals surface area contributed by atoms with E-state index in [0.29, 0.717) is 35.2 Å². The van der Waals surface area contributed by atoms with Gasteiger partial charge in [0.1, 0.15) is 12.4 Å². The Labute approximate surface area is 169 Å². The first kappa shape index (κ1) is 20.0. The number of ether oxygens (including phenoxy) is 3. The molecule has 0 saturated carbocycles. The molecule has 1 aliphatic rings. The molecule has 1 heterocycles. The number of hydrogen-bond acceptors (Lipinski definition) is 5. The van der Waals surface area contributed by atoms with Crippen molar-refractivity contribution >= 4 is 29.3 Å². The minimum absolute atomic E-state index is 0.227. The largest absolute Gasteiger partial charge is 0.493 e. The zero-order chi connectivity index (χ0) is 20.8. The maximum absolute atomic E-state index is 12.2. The van der Waals surface area contributed by atoms with Gasteiger partial charge in [-0.3, -0.25) is 9.59 Å². The Bertz CT molecular complexity index is 968. The van der Waals surface area contributed by atoms with Crippen molar-refractivity contribution in [2.75, 3.05) is 24.4 Å². The molecule has 2 amide bonds. The Morgan fingerprint density at radius 1 is 1.28 bits per heavy atom. The second kappa shape index (κ2) is 8.97. The van der Waals surface area contributed by atoms with E-state index >= 15 is 0 Å². The van der Waals surface area contributed by atoms with Gasteiger partial charge in [-0.05, 0) is 48.9 Å². The number of benzene rings is 2. The van der Waals surface area contributed by atoms with E-state index in [4.69, 9.17) is 14.2 Å². The molecule has 29 heavy (non-hydrogen) atoms. The number of hydrogen-bond donors (Lipinski definition) is 2. The number of carbonyl (C=O) groups is 2. The van der Waals surface area contributed by atoms with Crippen molar-refractivity contribution in [2.24, 2.45) is 0 Å². The van der Waals surface area contributed by atoms with Crippen LogP contribution in [0.3, 0.4) is 0 Å². The molecule has 0 aliphatic carbocycles. The van der Waals surface area contributed by atoms with E-state index in [1.165, 1.54) is 6.08 Å². The number of nitrogens with one attached hydrogen (secondary N) is 2. The highest BCUT2D eigenvalue weighted by Gasteiger charge is 2.23. The number of anilines is 2. The second-order valence-electron chi connectivity index (χ2n) is 6.29. The molecular formula is C22H22N2O5. The molecular weight excluding hydrogens is 372 g/mol. The fourth-order valence-electron chi connectivity index (χ4n) is 2.70. The SMILES string of the molecule is C=CCOc1ccc(/C=C/C(=O)Nc2ccc3c(c2)NC(=O)[C@@H](C)O3)cc1OC. The molecule has 1 aliphatic heterocycles. The van der Waals surface area contributed by atoms with Crippen molar-refractivity contribution in [1.29, 1.82) is 0 Å². The third-order valence-corrected chi connectivity index (χ3v) is 4.15. The fraction of sp³-hybridized carbons (Fsp3) is 0.182. The van der Waals surface area contributed by atoms with Gasteiger partial charge >= 0.3 is 0 Å². The predicted molar refractivity (Wildman–Crippen MR) is 112 cm³/mol. The molecule has 0 unspecified atom stereocenters.